The highest BCUT2D eigenvalue weighted by molar-refractivity contribution is 5.76. The van der Waals surface area contributed by atoms with Gasteiger partial charge in [-0.2, -0.15) is 0 Å². The SMILES string of the molecule is CCCCCCOc1cc(C=O)ccc1O. The molecule has 0 heterocycles. The van der Waals surface area contributed by atoms with Gasteiger partial charge in [0.1, 0.15) is 6.29 Å². The van der Waals surface area contributed by atoms with E-state index in [1.54, 1.807) is 12.1 Å². The molecule has 0 unspecified atom stereocenters. The molecule has 0 radical (unpaired) electrons. The van der Waals surface area contributed by atoms with Gasteiger partial charge < -0.3 is 9.84 Å². The molecular weight excluding hydrogens is 204 g/mol. The Morgan fingerprint density at radius 1 is 1.31 bits per heavy atom. The maximum absolute atomic E-state index is 10.5. The maximum Gasteiger partial charge on any atom is 0.161 e. The number of aldehydes is 1. The molecule has 0 aromatic heterocycles. The van der Waals surface area contributed by atoms with Gasteiger partial charge >= 0.3 is 0 Å². The van der Waals surface area contributed by atoms with Crippen LogP contribution in [0.1, 0.15) is 43.0 Å². The van der Waals surface area contributed by atoms with Crippen molar-refractivity contribution in [3.05, 3.63) is 23.8 Å². The summed E-state index contributed by atoms with van der Waals surface area (Å²) in [7, 11) is 0. The first kappa shape index (κ1) is 12.6. The Morgan fingerprint density at radius 2 is 2.12 bits per heavy atom. The predicted molar refractivity (Wildman–Crippen MR) is 63.1 cm³/mol. The summed E-state index contributed by atoms with van der Waals surface area (Å²) >= 11 is 0. The quantitative estimate of drug-likeness (QED) is 0.569. The second-order valence-electron chi connectivity index (χ2n) is 3.75. The molecule has 0 aliphatic rings. The lowest BCUT2D eigenvalue weighted by Crippen LogP contribution is -1.98. The highest BCUT2D eigenvalue weighted by atomic mass is 16.5. The van der Waals surface area contributed by atoms with Crippen LogP contribution < -0.4 is 4.74 Å². The fourth-order valence-corrected chi connectivity index (χ4v) is 1.43. The van der Waals surface area contributed by atoms with Crippen molar-refractivity contribution < 1.29 is 14.6 Å². The number of benzene rings is 1. The molecule has 1 rings (SSSR count). The van der Waals surface area contributed by atoms with Crippen molar-refractivity contribution in [2.45, 2.75) is 32.6 Å². The number of ether oxygens (including phenoxy) is 1. The van der Waals surface area contributed by atoms with Crippen LogP contribution in [-0.4, -0.2) is 18.0 Å². The van der Waals surface area contributed by atoms with Crippen LogP contribution in [-0.2, 0) is 0 Å². The van der Waals surface area contributed by atoms with E-state index in [1.807, 2.05) is 0 Å². The smallest absolute Gasteiger partial charge is 0.161 e. The minimum Gasteiger partial charge on any atom is -0.504 e. The van der Waals surface area contributed by atoms with Crippen molar-refractivity contribution in [2.75, 3.05) is 6.61 Å². The van der Waals surface area contributed by atoms with E-state index in [9.17, 15) is 9.90 Å². The normalized spacial score (nSPS) is 10.1. The Kier molecular flexibility index (Phi) is 5.40. The second kappa shape index (κ2) is 6.88. The highest BCUT2D eigenvalue weighted by Gasteiger charge is 2.03. The van der Waals surface area contributed by atoms with Gasteiger partial charge in [-0.1, -0.05) is 26.2 Å². The van der Waals surface area contributed by atoms with E-state index in [1.165, 1.54) is 18.9 Å². The molecule has 0 spiro atoms. The van der Waals surface area contributed by atoms with E-state index in [2.05, 4.69) is 6.92 Å². The highest BCUT2D eigenvalue weighted by Crippen LogP contribution is 2.26. The van der Waals surface area contributed by atoms with E-state index in [0.29, 0.717) is 17.9 Å². The molecule has 3 nitrogen and oxygen atoms in total. The zero-order valence-corrected chi connectivity index (χ0v) is 9.61. The standard InChI is InChI=1S/C13H18O3/c1-2-3-4-5-8-16-13-9-11(10-14)6-7-12(13)15/h6-7,9-10,15H,2-5,8H2,1H3. The number of carbonyl (C=O) groups excluding carboxylic acids is 1. The molecule has 88 valence electrons. The third-order valence-electron chi connectivity index (χ3n) is 2.38. The minimum atomic E-state index is 0.0843. The van der Waals surface area contributed by atoms with Crippen molar-refractivity contribution in [3.8, 4) is 11.5 Å². The molecule has 0 aliphatic heterocycles. The number of unbranched alkanes of at least 4 members (excludes halogenated alkanes) is 3. The van der Waals surface area contributed by atoms with Crippen LogP contribution in [0.4, 0.5) is 0 Å². The van der Waals surface area contributed by atoms with Gasteiger partial charge in [0.15, 0.2) is 11.5 Å². The molecule has 0 bridgehead atoms. The number of phenols is 1. The van der Waals surface area contributed by atoms with E-state index < -0.39 is 0 Å². The average molecular weight is 222 g/mol. The van der Waals surface area contributed by atoms with E-state index in [0.717, 1.165) is 19.1 Å². The van der Waals surface area contributed by atoms with Gasteiger partial charge in [0.25, 0.3) is 0 Å². The predicted octanol–water partition coefficient (Wildman–Crippen LogP) is 3.16. The van der Waals surface area contributed by atoms with Gasteiger partial charge in [-0.05, 0) is 24.6 Å². The summed E-state index contributed by atoms with van der Waals surface area (Å²) in [5, 5.41) is 9.49. The fourth-order valence-electron chi connectivity index (χ4n) is 1.43. The van der Waals surface area contributed by atoms with Crippen molar-refractivity contribution in [1.82, 2.24) is 0 Å². The Labute approximate surface area is 96.1 Å². The van der Waals surface area contributed by atoms with Crippen LogP contribution in [0.15, 0.2) is 18.2 Å². The summed E-state index contributed by atoms with van der Waals surface area (Å²) < 4.78 is 5.42. The van der Waals surface area contributed by atoms with Crippen molar-refractivity contribution >= 4 is 6.29 Å². The van der Waals surface area contributed by atoms with Crippen LogP contribution in [0, 0.1) is 0 Å². The largest absolute Gasteiger partial charge is 0.504 e. The van der Waals surface area contributed by atoms with E-state index in [-0.39, 0.29) is 5.75 Å². The first-order chi connectivity index (χ1) is 7.77. The molecule has 1 aromatic rings. The lowest BCUT2D eigenvalue weighted by molar-refractivity contribution is 0.112. The molecule has 0 aliphatic carbocycles. The summed E-state index contributed by atoms with van der Waals surface area (Å²) in [5.74, 6) is 0.474. The molecule has 0 saturated heterocycles. The molecule has 0 atom stereocenters. The number of rotatable bonds is 7. The summed E-state index contributed by atoms with van der Waals surface area (Å²) in [6, 6.07) is 4.60. The monoisotopic (exact) mass is 222 g/mol. The number of hydrogen-bond donors (Lipinski definition) is 1. The lowest BCUT2D eigenvalue weighted by atomic mass is 10.2. The van der Waals surface area contributed by atoms with Gasteiger partial charge in [0, 0.05) is 5.56 Å². The fraction of sp³-hybridized carbons (Fsp3) is 0.462. The molecule has 3 heteroatoms. The van der Waals surface area contributed by atoms with Crippen molar-refractivity contribution in [1.29, 1.82) is 0 Å². The van der Waals surface area contributed by atoms with E-state index >= 15 is 0 Å². The molecule has 0 saturated carbocycles. The van der Waals surface area contributed by atoms with Gasteiger partial charge in [-0.3, -0.25) is 4.79 Å². The molecule has 0 fully saturated rings. The average Bonchev–Trinajstić information content (AvgIpc) is 2.31. The Bertz CT molecular complexity index is 334. The van der Waals surface area contributed by atoms with Crippen LogP contribution >= 0.6 is 0 Å². The summed E-state index contributed by atoms with van der Waals surface area (Å²) in [6.45, 7) is 2.73. The van der Waals surface area contributed by atoms with Gasteiger partial charge in [0.05, 0.1) is 6.61 Å². The molecule has 1 N–H and O–H groups in total. The molecular formula is C13H18O3. The Balaban J connectivity index is 2.43. The Hall–Kier alpha value is -1.51. The Morgan fingerprint density at radius 3 is 2.81 bits per heavy atom. The lowest BCUT2D eigenvalue weighted by Gasteiger charge is -2.08. The minimum absolute atomic E-state index is 0.0843. The molecule has 1 aromatic carbocycles. The summed E-state index contributed by atoms with van der Waals surface area (Å²) in [4.78, 5) is 10.5. The molecule has 16 heavy (non-hydrogen) atoms. The number of aromatic hydroxyl groups is 1. The van der Waals surface area contributed by atoms with Crippen LogP contribution in [0.2, 0.25) is 0 Å². The molecule has 0 amide bonds. The number of hydrogen-bond acceptors (Lipinski definition) is 3. The summed E-state index contributed by atoms with van der Waals surface area (Å²) in [6.07, 6.45) is 5.22. The van der Waals surface area contributed by atoms with Gasteiger partial charge in [0.2, 0.25) is 0 Å². The third-order valence-corrected chi connectivity index (χ3v) is 2.38. The van der Waals surface area contributed by atoms with Crippen LogP contribution in [0.3, 0.4) is 0 Å². The summed E-state index contributed by atoms with van der Waals surface area (Å²) in [5.41, 5.74) is 0.515. The first-order valence-electron chi connectivity index (χ1n) is 5.69. The van der Waals surface area contributed by atoms with Gasteiger partial charge in [-0.15, -0.1) is 0 Å². The first-order valence-corrected chi connectivity index (χ1v) is 5.69. The van der Waals surface area contributed by atoms with E-state index in [4.69, 9.17) is 4.74 Å². The zero-order chi connectivity index (χ0) is 11.8. The zero-order valence-electron chi connectivity index (χ0n) is 9.61. The van der Waals surface area contributed by atoms with Crippen molar-refractivity contribution in [2.24, 2.45) is 0 Å². The number of phenolic OH excluding ortho intramolecular Hbond substituents is 1. The van der Waals surface area contributed by atoms with Crippen LogP contribution in [0.25, 0.3) is 0 Å². The number of carbonyl (C=O) groups is 1. The topological polar surface area (TPSA) is 46.5 Å². The van der Waals surface area contributed by atoms with Gasteiger partial charge in [-0.25, -0.2) is 0 Å². The third kappa shape index (κ3) is 3.93. The maximum atomic E-state index is 10.5. The van der Waals surface area contributed by atoms with Crippen molar-refractivity contribution in [3.63, 3.8) is 0 Å². The van der Waals surface area contributed by atoms with Crippen LogP contribution in [0.5, 0.6) is 11.5 Å². The second-order valence-corrected chi connectivity index (χ2v) is 3.75.